The summed E-state index contributed by atoms with van der Waals surface area (Å²) in [5, 5.41) is 3.98. The molecule has 1 N–H and O–H groups in total. The molecule has 0 aromatic heterocycles. The number of nitrogens with one attached hydrogen (secondary N) is 1. The quantitative estimate of drug-likeness (QED) is 0.459. The third-order valence-electron chi connectivity index (χ3n) is 3.83. The molecule has 3 aromatic carbocycles. The highest BCUT2D eigenvalue weighted by molar-refractivity contribution is 9.10. The van der Waals surface area contributed by atoms with Crippen LogP contribution in [0.25, 0.3) is 0 Å². The highest BCUT2D eigenvalue weighted by Gasteiger charge is 2.08. The molecular weight excluding hydrogens is 430 g/mol. The van der Waals surface area contributed by atoms with Crippen molar-refractivity contribution in [1.82, 2.24) is 5.32 Å². The summed E-state index contributed by atoms with van der Waals surface area (Å²) in [6, 6.07) is 23.6. The molecule has 26 heavy (non-hydrogen) atoms. The van der Waals surface area contributed by atoms with Crippen molar-refractivity contribution < 1.29 is 4.74 Å². The molecule has 132 valence electrons. The van der Waals surface area contributed by atoms with E-state index in [1.807, 2.05) is 60.7 Å². The summed E-state index contributed by atoms with van der Waals surface area (Å²) in [5.74, 6) is 0.750. The van der Waals surface area contributed by atoms with Crippen molar-refractivity contribution in [1.29, 1.82) is 0 Å². The SMILES string of the molecule is S=C(NCc1ccccc1)c1ccc(OCc2ccccc2Cl)c(Br)c1. The highest BCUT2D eigenvalue weighted by atomic mass is 79.9. The van der Waals surface area contributed by atoms with Gasteiger partial charge in [-0.15, -0.1) is 0 Å². The van der Waals surface area contributed by atoms with Crippen LogP contribution >= 0.6 is 39.7 Å². The molecule has 0 atom stereocenters. The molecule has 5 heteroatoms. The summed E-state index contributed by atoms with van der Waals surface area (Å²) in [6.45, 7) is 1.11. The molecule has 3 aromatic rings. The fourth-order valence-corrected chi connectivity index (χ4v) is 3.29. The number of rotatable bonds is 6. The minimum absolute atomic E-state index is 0.411. The van der Waals surface area contributed by atoms with Gasteiger partial charge in [-0.1, -0.05) is 72.3 Å². The third kappa shape index (κ3) is 5.07. The third-order valence-corrected chi connectivity index (χ3v) is 5.20. The van der Waals surface area contributed by atoms with Crippen LogP contribution < -0.4 is 10.1 Å². The molecule has 2 nitrogen and oxygen atoms in total. The summed E-state index contributed by atoms with van der Waals surface area (Å²) in [5.41, 5.74) is 3.08. The Morgan fingerprint density at radius 1 is 1.00 bits per heavy atom. The summed E-state index contributed by atoms with van der Waals surface area (Å²) in [7, 11) is 0. The Morgan fingerprint density at radius 2 is 1.73 bits per heavy atom. The predicted octanol–water partition coefficient (Wildman–Crippen LogP) is 6.15. The number of halogens is 2. The van der Waals surface area contributed by atoms with Crippen LogP contribution in [0.2, 0.25) is 5.02 Å². The average molecular weight is 447 g/mol. The van der Waals surface area contributed by atoms with E-state index in [1.165, 1.54) is 5.56 Å². The molecule has 0 fully saturated rings. The van der Waals surface area contributed by atoms with Gasteiger partial charge in [0.15, 0.2) is 0 Å². The van der Waals surface area contributed by atoms with Crippen molar-refractivity contribution in [3.63, 3.8) is 0 Å². The number of ether oxygens (including phenoxy) is 1. The Bertz CT molecular complexity index is 902. The van der Waals surface area contributed by atoms with Crippen LogP contribution in [-0.2, 0) is 13.2 Å². The van der Waals surface area contributed by atoms with Crippen LogP contribution in [-0.4, -0.2) is 4.99 Å². The average Bonchev–Trinajstić information content (AvgIpc) is 2.67. The highest BCUT2D eigenvalue weighted by Crippen LogP contribution is 2.28. The maximum atomic E-state index is 6.17. The van der Waals surface area contributed by atoms with Crippen LogP contribution in [0.5, 0.6) is 5.75 Å². The second-order valence-corrected chi connectivity index (χ2v) is 7.36. The molecule has 0 spiro atoms. The molecule has 0 saturated heterocycles. The molecular formula is C21H17BrClNOS. The molecule has 0 bridgehead atoms. The van der Waals surface area contributed by atoms with Gasteiger partial charge in [0, 0.05) is 22.7 Å². The zero-order valence-corrected chi connectivity index (χ0v) is 17.1. The molecule has 0 aliphatic heterocycles. The van der Waals surface area contributed by atoms with E-state index in [9.17, 15) is 0 Å². The maximum absolute atomic E-state index is 6.17. The fourth-order valence-electron chi connectivity index (χ4n) is 2.41. The van der Waals surface area contributed by atoms with E-state index in [0.29, 0.717) is 23.2 Å². The van der Waals surface area contributed by atoms with Crippen molar-refractivity contribution in [3.05, 3.63) is 99.0 Å². The van der Waals surface area contributed by atoms with Gasteiger partial charge in [-0.05, 0) is 45.8 Å². The van der Waals surface area contributed by atoms with Gasteiger partial charge < -0.3 is 10.1 Å². The Labute approximate surface area is 172 Å². The zero-order chi connectivity index (χ0) is 18.4. The lowest BCUT2D eigenvalue weighted by Gasteiger charge is -2.12. The first-order valence-corrected chi connectivity index (χ1v) is 9.69. The van der Waals surface area contributed by atoms with Gasteiger partial charge in [0.2, 0.25) is 0 Å². The van der Waals surface area contributed by atoms with E-state index in [-0.39, 0.29) is 0 Å². The van der Waals surface area contributed by atoms with Gasteiger partial charge in [0.05, 0.1) is 4.47 Å². The molecule has 0 saturated carbocycles. The van der Waals surface area contributed by atoms with Gasteiger partial charge in [-0.3, -0.25) is 0 Å². The van der Waals surface area contributed by atoms with Crippen molar-refractivity contribution in [2.75, 3.05) is 0 Å². The van der Waals surface area contributed by atoms with E-state index in [0.717, 1.165) is 21.3 Å². The zero-order valence-electron chi connectivity index (χ0n) is 13.9. The number of benzene rings is 3. The van der Waals surface area contributed by atoms with Crippen LogP contribution in [0, 0.1) is 0 Å². The first-order chi connectivity index (χ1) is 12.6. The minimum Gasteiger partial charge on any atom is -0.488 e. The Morgan fingerprint density at radius 3 is 2.46 bits per heavy atom. The standard InChI is InChI=1S/C21H17BrClNOS/c22-18-12-16(21(26)24-13-15-6-2-1-3-7-15)10-11-20(18)25-14-17-8-4-5-9-19(17)23/h1-12H,13-14H2,(H,24,26). The van der Waals surface area contributed by atoms with Crippen molar-refractivity contribution in [2.24, 2.45) is 0 Å². The van der Waals surface area contributed by atoms with E-state index in [4.69, 9.17) is 28.6 Å². The first-order valence-electron chi connectivity index (χ1n) is 8.11. The van der Waals surface area contributed by atoms with Crippen LogP contribution in [0.15, 0.2) is 77.3 Å². The number of thiocarbonyl (C=S) groups is 1. The smallest absolute Gasteiger partial charge is 0.134 e. The number of hydrogen-bond donors (Lipinski definition) is 1. The molecule has 0 amide bonds. The summed E-state index contributed by atoms with van der Waals surface area (Å²) in [4.78, 5) is 0.701. The van der Waals surface area contributed by atoms with Crippen LogP contribution in [0.1, 0.15) is 16.7 Å². The maximum Gasteiger partial charge on any atom is 0.134 e. The fraction of sp³-hybridized carbons (Fsp3) is 0.0952. The Balaban J connectivity index is 1.61. The largest absolute Gasteiger partial charge is 0.488 e. The van der Waals surface area contributed by atoms with Crippen LogP contribution in [0.4, 0.5) is 0 Å². The van der Waals surface area contributed by atoms with E-state index < -0.39 is 0 Å². The Kier molecular flexibility index (Phi) is 6.67. The summed E-state index contributed by atoms with van der Waals surface area (Å²) < 4.78 is 6.73. The summed E-state index contributed by atoms with van der Waals surface area (Å²) >= 11 is 15.2. The van der Waals surface area contributed by atoms with Crippen molar-refractivity contribution >= 4 is 44.7 Å². The van der Waals surface area contributed by atoms with Crippen molar-refractivity contribution in [2.45, 2.75) is 13.2 Å². The van der Waals surface area contributed by atoms with E-state index in [2.05, 4.69) is 33.4 Å². The molecule has 3 rings (SSSR count). The second kappa shape index (κ2) is 9.17. The molecule has 0 aliphatic carbocycles. The summed E-state index contributed by atoms with van der Waals surface area (Å²) in [6.07, 6.45) is 0. The minimum atomic E-state index is 0.411. The molecule has 0 aliphatic rings. The number of hydrogen-bond acceptors (Lipinski definition) is 2. The topological polar surface area (TPSA) is 21.3 Å². The van der Waals surface area contributed by atoms with Crippen molar-refractivity contribution in [3.8, 4) is 5.75 Å². The Hall–Kier alpha value is -1.88. The lowest BCUT2D eigenvalue weighted by molar-refractivity contribution is 0.304. The van der Waals surface area contributed by atoms with Gasteiger partial charge >= 0.3 is 0 Å². The van der Waals surface area contributed by atoms with Gasteiger partial charge in [-0.25, -0.2) is 0 Å². The van der Waals surface area contributed by atoms with Crippen LogP contribution in [0.3, 0.4) is 0 Å². The molecule has 0 unspecified atom stereocenters. The van der Waals surface area contributed by atoms with E-state index in [1.54, 1.807) is 0 Å². The monoisotopic (exact) mass is 445 g/mol. The normalized spacial score (nSPS) is 10.4. The molecule has 0 heterocycles. The lowest BCUT2D eigenvalue weighted by atomic mass is 10.2. The molecule has 0 radical (unpaired) electrons. The lowest BCUT2D eigenvalue weighted by Crippen LogP contribution is -2.21. The van der Waals surface area contributed by atoms with Gasteiger partial charge in [-0.2, -0.15) is 0 Å². The van der Waals surface area contributed by atoms with Gasteiger partial charge in [0.1, 0.15) is 17.3 Å². The first kappa shape index (κ1) is 18.9. The van der Waals surface area contributed by atoms with Gasteiger partial charge in [0.25, 0.3) is 0 Å². The van der Waals surface area contributed by atoms with E-state index >= 15 is 0 Å². The predicted molar refractivity (Wildman–Crippen MR) is 115 cm³/mol. The second-order valence-electron chi connectivity index (χ2n) is 5.69.